The average Bonchev–Trinajstić information content (AvgIpc) is 2.32. The topological polar surface area (TPSA) is 18.5 Å². The van der Waals surface area contributed by atoms with Crippen LogP contribution in [0.25, 0.3) is 0 Å². The summed E-state index contributed by atoms with van der Waals surface area (Å²) >= 11 is 0. The molecule has 0 spiro atoms. The molecule has 0 radical (unpaired) electrons. The average molecular weight is 172 g/mol. The van der Waals surface area contributed by atoms with Gasteiger partial charge in [0.1, 0.15) is 0 Å². The summed E-state index contributed by atoms with van der Waals surface area (Å²) in [5.74, 6) is 0.364. The first kappa shape index (κ1) is 10.0. The van der Waals surface area contributed by atoms with Crippen LogP contribution in [0.1, 0.15) is 40.5 Å². The van der Waals surface area contributed by atoms with Crippen LogP contribution in [0.15, 0.2) is 0 Å². The minimum absolute atomic E-state index is 0.267. The van der Waals surface area contributed by atoms with Crippen molar-refractivity contribution in [2.24, 2.45) is 5.92 Å². The van der Waals surface area contributed by atoms with Crippen molar-refractivity contribution in [3.05, 3.63) is 0 Å². The Balaban J connectivity index is 2.52. The third-order valence-corrected chi connectivity index (χ3v) is 2.25. The van der Waals surface area contributed by atoms with Gasteiger partial charge in [-0.05, 0) is 19.3 Å². The largest absolute Gasteiger partial charge is 0.347 e. The first-order valence-electron chi connectivity index (χ1n) is 4.90. The van der Waals surface area contributed by atoms with E-state index in [4.69, 9.17) is 9.47 Å². The lowest BCUT2D eigenvalue weighted by Gasteiger charge is -2.28. The Morgan fingerprint density at radius 1 is 1.50 bits per heavy atom. The van der Waals surface area contributed by atoms with E-state index in [1.165, 1.54) is 0 Å². The Labute approximate surface area is 75.2 Å². The molecule has 1 aliphatic rings. The standard InChI is InChI=1S/C10H20O2/c1-5-10(6-8(2)3)11-7-9(4)12-10/h8-9H,5-7H2,1-4H3. The number of hydrogen-bond donors (Lipinski definition) is 0. The fourth-order valence-electron chi connectivity index (χ4n) is 1.76. The van der Waals surface area contributed by atoms with Crippen LogP contribution in [-0.2, 0) is 9.47 Å². The van der Waals surface area contributed by atoms with Crippen molar-refractivity contribution < 1.29 is 9.47 Å². The molecule has 1 aliphatic heterocycles. The van der Waals surface area contributed by atoms with Gasteiger partial charge in [-0.15, -0.1) is 0 Å². The molecule has 1 heterocycles. The van der Waals surface area contributed by atoms with Gasteiger partial charge in [0.2, 0.25) is 0 Å². The third kappa shape index (κ3) is 2.20. The lowest BCUT2D eigenvalue weighted by atomic mass is 10.0. The highest BCUT2D eigenvalue weighted by Gasteiger charge is 2.38. The van der Waals surface area contributed by atoms with Crippen LogP contribution in [0.2, 0.25) is 0 Å². The quantitative estimate of drug-likeness (QED) is 0.651. The molecule has 2 nitrogen and oxygen atoms in total. The van der Waals surface area contributed by atoms with E-state index in [9.17, 15) is 0 Å². The van der Waals surface area contributed by atoms with E-state index in [1.807, 2.05) is 0 Å². The maximum Gasteiger partial charge on any atom is 0.168 e. The molecule has 0 amide bonds. The number of hydrogen-bond acceptors (Lipinski definition) is 2. The molecule has 0 N–H and O–H groups in total. The predicted molar refractivity (Wildman–Crippen MR) is 49.0 cm³/mol. The second kappa shape index (κ2) is 3.75. The summed E-state index contributed by atoms with van der Waals surface area (Å²) in [7, 11) is 0. The van der Waals surface area contributed by atoms with E-state index in [-0.39, 0.29) is 11.9 Å². The Morgan fingerprint density at radius 2 is 2.17 bits per heavy atom. The van der Waals surface area contributed by atoms with Gasteiger partial charge in [-0.2, -0.15) is 0 Å². The van der Waals surface area contributed by atoms with Crippen molar-refractivity contribution in [2.45, 2.75) is 52.4 Å². The minimum Gasteiger partial charge on any atom is -0.347 e. The molecule has 1 fully saturated rings. The van der Waals surface area contributed by atoms with Crippen molar-refractivity contribution >= 4 is 0 Å². The van der Waals surface area contributed by atoms with Gasteiger partial charge < -0.3 is 9.47 Å². The zero-order valence-corrected chi connectivity index (χ0v) is 8.59. The third-order valence-electron chi connectivity index (χ3n) is 2.25. The summed E-state index contributed by atoms with van der Waals surface area (Å²) in [6.45, 7) is 9.35. The highest BCUT2D eigenvalue weighted by atomic mass is 16.7. The molecule has 0 aromatic heterocycles. The molecule has 0 saturated carbocycles. The second-order valence-electron chi connectivity index (χ2n) is 4.10. The van der Waals surface area contributed by atoms with Crippen LogP contribution < -0.4 is 0 Å². The SMILES string of the molecule is CCC1(CC(C)C)OCC(C)O1. The molecule has 0 aliphatic carbocycles. The molecular formula is C10H20O2. The Morgan fingerprint density at radius 3 is 2.50 bits per heavy atom. The normalized spacial score (nSPS) is 36.2. The van der Waals surface area contributed by atoms with Gasteiger partial charge in [0.05, 0.1) is 12.7 Å². The Hall–Kier alpha value is -0.0800. The minimum atomic E-state index is -0.270. The Bertz CT molecular complexity index is 145. The summed E-state index contributed by atoms with van der Waals surface area (Å²) in [5, 5.41) is 0. The maximum atomic E-state index is 5.79. The van der Waals surface area contributed by atoms with E-state index >= 15 is 0 Å². The highest BCUT2D eigenvalue weighted by molar-refractivity contribution is 4.77. The lowest BCUT2D eigenvalue weighted by Crippen LogP contribution is -2.31. The molecule has 2 atom stereocenters. The van der Waals surface area contributed by atoms with E-state index < -0.39 is 0 Å². The van der Waals surface area contributed by atoms with Crippen LogP contribution in [0.4, 0.5) is 0 Å². The lowest BCUT2D eigenvalue weighted by molar-refractivity contribution is -0.178. The van der Waals surface area contributed by atoms with Gasteiger partial charge >= 0.3 is 0 Å². The fraction of sp³-hybridized carbons (Fsp3) is 1.00. The zero-order chi connectivity index (χ0) is 9.19. The van der Waals surface area contributed by atoms with Crippen molar-refractivity contribution in [1.29, 1.82) is 0 Å². The summed E-state index contributed by atoms with van der Waals surface area (Å²) in [5.41, 5.74) is 0. The van der Waals surface area contributed by atoms with Crippen LogP contribution >= 0.6 is 0 Å². The van der Waals surface area contributed by atoms with E-state index in [2.05, 4.69) is 27.7 Å². The molecule has 12 heavy (non-hydrogen) atoms. The summed E-state index contributed by atoms with van der Waals surface area (Å²) in [6, 6.07) is 0. The predicted octanol–water partition coefficient (Wildman–Crippen LogP) is 2.57. The summed E-state index contributed by atoms with van der Waals surface area (Å²) in [4.78, 5) is 0. The summed E-state index contributed by atoms with van der Waals surface area (Å²) < 4.78 is 11.5. The van der Waals surface area contributed by atoms with Crippen LogP contribution in [0.3, 0.4) is 0 Å². The molecule has 72 valence electrons. The molecule has 2 unspecified atom stereocenters. The summed E-state index contributed by atoms with van der Waals surface area (Å²) in [6.07, 6.45) is 2.23. The van der Waals surface area contributed by atoms with E-state index in [0.717, 1.165) is 19.4 Å². The number of ether oxygens (including phenoxy) is 2. The molecule has 0 aromatic rings. The molecule has 1 saturated heterocycles. The van der Waals surface area contributed by atoms with Gasteiger partial charge in [-0.3, -0.25) is 0 Å². The maximum absolute atomic E-state index is 5.79. The van der Waals surface area contributed by atoms with Crippen LogP contribution in [-0.4, -0.2) is 18.5 Å². The second-order valence-corrected chi connectivity index (χ2v) is 4.10. The molecule has 0 aromatic carbocycles. The monoisotopic (exact) mass is 172 g/mol. The van der Waals surface area contributed by atoms with Gasteiger partial charge in [-0.1, -0.05) is 20.8 Å². The Kier molecular flexibility index (Phi) is 3.13. The van der Waals surface area contributed by atoms with E-state index in [1.54, 1.807) is 0 Å². The van der Waals surface area contributed by atoms with Crippen molar-refractivity contribution in [3.63, 3.8) is 0 Å². The number of rotatable bonds is 3. The van der Waals surface area contributed by atoms with Crippen molar-refractivity contribution in [3.8, 4) is 0 Å². The smallest absolute Gasteiger partial charge is 0.168 e. The van der Waals surface area contributed by atoms with Gasteiger partial charge in [0.15, 0.2) is 5.79 Å². The van der Waals surface area contributed by atoms with Crippen molar-refractivity contribution in [1.82, 2.24) is 0 Å². The first-order chi connectivity index (χ1) is 5.58. The van der Waals surface area contributed by atoms with Crippen molar-refractivity contribution in [2.75, 3.05) is 6.61 Å². The molecular weight excluding hydrogens is 152 g/mol. The first-order valence-corrected chi connectivity index (χ1v) is 4.90. The molecule has 1 rings (SSSR count). The van der Waals surface area contributed by atoms with Gasteiger partial charge in [-0.25, -0.2) is 0 Å². The van der Waals surface area contributed by atoms with Crippen LogP contribution in [0.5, 0.6) is 0 Å². The zero-order valence-electron chi connectivity index (χ0n) is 8.59. The molecule has 2 heteroatoms. The van der Waals surface area contributed by atoms with Crippen LogP contribution in [0, 0.1) is 5.92 Å². The highest BCUT2D eigenvalue weighted by Crippen LogP contribution is 2.32. The fourth-order valence-corrected chi connectivity index (χ4v) is 1.76. The van der Waals surface area contributed by atoms with Gasteiger partial charge in [0, 0.05) is 6.42 Å². The van der Waals surface area contributed by atoms with Gasteiger partial charge in [0.25, 0.3) is 0 Å². The molecule has 0 bridgehead atoms. The van der Waals surface area contributed by atoms with E-state index in [0.29, 0.717) is 5.92 Å².